The van der Waals surface area contributed by atoms with E-state index < -0.39 is 6.04 Å². The molecule has 0 saturated heterocycles. The van der Waals surface area contributed by atoms with Crippen molar-refractivity contribution in [3.8, 4) is 0 Å². The van der Waals surface area contributed by atoms with Gasteiger partial charge in [0.25, 0.3) is 0 Å². The molecule has 2 atom stereocenters. The van der Waals surface area contributed by atoms with Gasteiger partial charge in [-0.2, -0.15) is 0 Å². The van der Waals surface area contributed by atoms with E-state index >= 15 is 0 Å². The number of amides is 1. The lowest BCUT2D eigenvalue weighted by Crippen LogP contribution is -2.41. The van der Waals surface area contributed by atoms with Crippen molar-refractivity contribution >= 4 is 16.9 Å². The van der Waals surface area contributed by atoms with Crippen molar-refractivity contribution in [3.63, 3.8) is 0 Å². The number of benzene rings is 1. The van der Waals surface area contributed by atoms with Gasteiger partial charge in [-0.25, -0.2) is 4.79 Å². The van der Waals surface area contributed by atoms with Crippen molar-refractivity contribution in [3.05, 3.63) is 46.9 Å². The number of nitrogens with one attached hydrogen (secondary N) is 3. The van der Waals surface area contributed by atoms with Crippen LogP contribution < -0.4 is 16.7 Å². The summed E-state index contributed by atoms with van der Waals surface area (Å²) in [5.41, 5.74) is 7.81. The van der Waals surface area contributed by atoms with Gasteiger partial charge in [0.15, 0.2) is 0 Å². The van der Waals surface area contributed by atoms with Gasteiger partial charge in [0.2, 0.25) is 5.91 Å². The van der Waals surface area contributed by atoms with Gasteiger partial charge in [-0.05, 0) is 31.0 Å². The molecule has 0 saturated carbocycles. The molecule has 0 spiro atoms. The zero-order chi connectivity index (χ0) is 14.7. The number of imidazole rings is 1. The fourth-order valence-corrected chi connectivity index (χ4v) is 2.01. The van der Waals surface area contributed by atoms with Gasteiger partial charge in [0, 0.05) is 0 Å². The highest BCUT2D eigenvalue weighted by molar-refractivity contribution is 5.82. The molecule has 0 aliphatic rings. The highest BCUT2D eigenvalue weighted by Crippen LogP contribution is 2.17. The largest absolute Gasteiger partial charge is 0.348 e. The predicted molar refractivity (Wildman–Crippen MR) is 78.3 cm³/mol. The highest BCUT2D eigenvalue weighted by Gasteiger charge is 2.15. The number of hydrogen-bond donors (Lipinski definition) is 4. The smallest absolute Gasteiger partial charge is 0.323 e. The summed E-state index contributed by atoms with van der Waals surface area (Å²) in [4.78, 5) is 28.4. The summed E-state index contributed by atoms with van der Waals surface area (Å²) in [6, 6.07) is 4.70. The number of rotatable bonds is 5. The van der Waals surface area contributed by atoms with E-state index in [0.29, 0.717) is 11.9 Å². The van der Waals surface area contributed by atoms with Crippen LogP contribution in [0, 0.1) is 0 Å². The molecule has 1 aromatic heterocycles. The first-order valence-electron chi connectivity index (χ1n) is 6.40. The molecule has 2 rings (SSSR count). The Hall–Kier alpha value is -2.34. The van der Waals surface area contributed by atoms with Gasteiger partial charge < -0.3 is 21.0 Å². The molecule has 6 nitrogen and oxygen atoms in total. The normalized spacial score (nSPS) is 13.9. The SMILES string of the molecule is C=CCC(N)C(=O)NC(C)c1ccc2[nH]c(=O)[nH]c2c1. The number of aromatic nitrogens is 2. The molecule has 0 radical (unpaired) electrons. The standard InChI is InChI=1S/C14H18N4O2/c1-3-4-10(15)13(19)16-8(2)9-5-6-11-12(7-9)18-14(20)17-11/h3,5-8,10H,1,4,15H2,2H3,(H,16,19)(H2,17,18,20). The van der Waals surface area contributed by atoms with Gasteiger partial charge in [-0.1, -0.05) is 12.1 Å². The van der Waals surface area contributed by atoms with Crippen LogP contribution in [-0.4, -0.2) is 21.9 Å². The van der Waals surface area contributed by atoms with Crippen LogP contribution in [0.2, 0.25) is 0 Å². The van der Waals surface area contributed by atoms with Crippen molar-refractivity contribution in [2.24, 2.45) is 5.73 Å². The lowest BCUT2D eigenvalue weighted by atomic mass is 10.1. The molecule has 6 heteroatoms. The van der Waals surface area contributed by atoms with E-state index in [2.05, 4.69) is 21.9 Å². The van der Waals surface area contributed by atoms with Crippen LogP contribution in [-0.2, 0) is 4.79 Å². The summed E-state index contributed by atoms with van der Waals surface area (Å²) >= 11 is 0. The summed E-state index contributed by atoms with van der Waals surface area (Å²) in [6.45, 7) is 5.43. The summed E-state index contributed by atoms with van der Waals surface area (Å²) in [5.74, 6) is -0.222. The van der Waals surface area contributed by atoms with Crippen LogP contribution in [0.15, 0.2) is 35.6 Å². The average molecular weight is 274 g/mol. The minimum absolute atomic E-state index is 0.193. The van der Waals surface area contributed by atoms with Gasteiger partial charge in [0.05, 0.1) is 23.1 Å². The maximum Gasteiger partial charge on any atom is 0.323 e. The highest BCUT2D eigenvalue weighted by atomic mass is 16.2. The summed E-state index contributed by atoms with van der Waals surface area (Å²) < 4.78 is 0. The van der Waals surface area contributed by atoms with E-state index in [-0.39, 0.29) is 17.6 Å². The molecule has 0 aliphatic carbocycles. The molecule has 0 bridgehead atoms. The third-order valence-electron chi connectivity index (χ3n) is 3.16. The molecule has 0 aliphatic heterocycles. The molecule has 1 heterocycles. The van der Waals surface area contributed by atoms with Crippen LogP contribution in [0.1, 0.15) is 24.9 Å². The predicted octanol–water partition coefficient (Wildman–Crippen LogP) is 0.937. The number of hydrogen-bond acceptors (Lipinski definition) is 3. The van der Waals surface area contributed by atoms with Gasteiger partial charge in [0.1, 0.15) is 0 Å². The number of aromatic amines is 2. The first kappa shape index (κ1) is 14.1. The molecule has 5 N–H and O–H groups in total. The van der Waals surface area contributed by atoms with E-state index in [1.165, 1.54) is 0 Å². The molecule has 20 heavy (non-hydrogen) atoms. The first-order valence-corrected chi connectivity index (χ1v) is 6.40. The number of carbonyl (C=O) groups excluding carboxylic acids is 1. The Morgan fingerprint density at radius 3 is 2.85 bits per heavy atom. The Kier molecular flexibility index (Phi) is 4.05. The van der Waals surface area contributed by atoms with Crippen molar-refractivity contribution in [1.82, 2.24) is 15.3 Å². The second kappa shape index (κ2) is 5.75. The number of fused-ring (bicyclic) bond motifs is 1. The van der Waals surface area contributed by atoms with E-state index in [9.17, 15) is 9.59 Å². The van der Waals surface area contributed by atoms with Crippen LogP contribution in [0.5, 0.6) is 0 Å². The van der Waals surface area contributed by atoms with Crippen LogP contribution in [0.3, 0.4) is 0 Å². The average Bonchev–Trinajstić information content (AvgIpc) is 2.77. The fourth-order valence-electron chi connectivity index (χ4n) is 2.01. The van der Waals surface area contributed by atoms with E-state index in [4.69, 9.17) is 5.73 Å². The zero-order valence-electron chi connectivity index (χ0n) is 11.3. The van der Waals surface area contributed by atoms with Crippen LogP contribution >= 0.6 is 0 Å². The molecular formula is C14H18N4O2. The van der Waals surface area contributed by atoms with Crippen molar-refractivity contribution in [2.75, 3.05) is 0 Å². The third kappa shape index (κ3) is 2.97. The van der Waals surface area contributed by atoms with Gasteiger partial charge >= 0.3 is 5.69 Å². The quantitative estimate of drug-likeness (QED) is 0.610. The van der Waals surface area contributed by atoms with Crippen LogP contribution in [0.25, 0.3) is 11.0 Å². The van der Waals surface area contributed by atoms with Crippen molar-refractivity contribution in [1.29, 1.82) is 0 Å². The van der Waals surface area contributed by atoms with E-state index in [1.54, 1.807) is 12.1 Å². The molecule has 1 amide bonds. The Balaban J connectivity index is 2.14. The molecule has 2 unspecified atom stereocenters. The first-order chi connectivity index (χ1) is 9.51. The van der Waals surface area contributed by atoms with E-state index in [1.807, 2.05) is 19.1 Å². The van der Waals surface area contributed by atoms with Gasteiger partial charge in [-0.3, -0.25) is 4.79 Å². The second-order valence-electron chi connectivity index (χ2n) is 4.75. The number of nitrogens with two attached hydrogens (primary N) is 1. The minimum Gasteiger partial charge on any atom is -0.348 e. The van der Waals surface area contributed by atoms with Crippen molar-refractivity contribution in [2.45, 2.75) is 25.4 Å². The molecule has 106 valence electrons. The maximum absolute atomic E-state index is 11.8. The number of H-pyrrole nitrogens is 2. The topological polar surface area (TPSA) is 104 Å². The van der Waals surface area contributed by atoms with Gasteiger partial charge in [-0.15, -0.1) is 6.58 Å². The Morgan fingerprint density at radius 2 is 2.15 bits per heavy atom. The monoisotopic (exact) mass is 274 g/mol. The zero-order valence-corrected chi connectivity index (χ0v) is 11.3. The van der Waals surface area contributed by atoms with Crippen molar-refractivity contribution < 1.29 is 4.79 Å². The molecule has 0 fully saturated rings. The summed E-state index contributed by atoms with van der Waals surface area (Å²) in [6.07, 6.45) is 2.05. The Bertz CT molecular complexity index is 686. The lowest BCUT2D eigenvalue weighted by Gasteiger charge is -2.17. The van der Waals surface area contributed by atoms with Crippen LogP contribution in [0.4, 0.5) is 0 Å². The lowest BCUT2D eigenvalue weighted by molar-refractivity contribution is -0.122. The van der Waals surface area contributed by atoms with E-state index in [0.717, 1.165) is 11.1 Å². The second-order valence-corrected chi connectivity index (χ2v) is 4.75. The Morgan fingerprint density at radius 1 is 1.45 bits per heavy atom. The molecule has 2 aromatic rings. The fraction of sp³-hybridized carbons (Fsp3) is 0.286. The minimum atomic E-state index is -0.592. The molecule has 1 aromatic carbocycles. The third-order valence-corrected chi connectivity index (χ3v) is 3.16. The summed E-state index contributed by atoms with van der Waals surface area (Å²) in [7, 11) is 0. The molecular weight excluding hydrogens is 256 g/mol. The maximum atomic E-state index is 11.8. The Labute approximate surface area is 116 Å². The number of carbonyl (C=O) groups is 1. The summed E-state index contributed by atoms with van der Waals surface area (Å²) in [5, 5.41) is 2.84.